The van der Waals surface area contributed by atoms with Gasteiger partial charge in [-0.05, 0) is 42.0 Å². The van der Waals surface area contributed by atoms with Gasteiger partial charge < -0.3 is 5.11 Å². The fourth-order valence-corrected chi connectivity index (χ4v) is 1.65. The number of halogens is 1. The maximum atomic E-state index is 10.7. The third kappa shape index (κ3) is 3.28. The Morgan fingerprint density at radius 1 is 1.06 bits per heavy atom. The summed E-state index contributed by atoms with van der Waals surface area (Å²) in [4.78, 5) is 15.0. The molecule has 0 fully saturated rings. The molecular weight excluding hydrogens is 294 g/mol. The lowest BCUT2D eigenvalue weighted by Crippen LogP contribution is -1.95. The highest BCUT2D eigenvalue weighted by molar-refractivity contribution is 9.10. The Morgan fingerprint density at radius 3 is 2.22 bits per heavy atom. The summed E-state index contributed by atoms with van der Waals surface area (Å²) in [5, 5.41) is 8.77. The second kappa shape index (κ2) is 5.60. The molecule has 4 heteroatoms. The Morgan fingerprint density at radius 2 is 1.67 bits per heavy atom. The van der Waals surface area contributed by atoms with Gasteiger partial charge in [0.15, 0.2) is 0 Å². The zero-order valence-corrected chi connectivity index (χ0v) is 11.0. The van der Waals surface area contributed by atoms with E-state index in [1.165, 1.54) is 0 Å². The molecule has 1 N–H and O–H groups in total. The van der Waals surface area contributed by atoms with Gasteiger partial charge in [0.25, 0.3) is 0 Å². The van der Waals surface area contributed by atoms with Crippen molar-refractivity contribution in [3.05, 3.63) is 64.1 Å². The van der Waals surface area contributed by atoms with Gasteiger partial charge in [-0.15, -0.1) is 0 Å². The lowest BCUT2D eigenvalue weighted by molar-refractivity contribution is 0.0697. The first-order valence-corrected chi connectivity index (χ1v) is 6.07. The number of benzene rings is 2. The van der Waals surface area contributed by atoms with E-state index in [-0.39, 0.29) is 5.56 Å². The molecule has 0 heterocycles. The summed E-state index contributed by atoms with van der Waals surface area (Å²) < 4.78 is 1.01. The predicted octanol–water partition coefficient (Wildman–Crippen LogP) is 3.90. The fourth-order valence-electron chi connectivity index (χ4n) is 1.39. The molecule has 0 unspecified atom stereocenters. The van der Waals surface area contributed by atoms with Gasteiger partial charge in [0.05, 0.1) is 11.3 Å². The lowest BCUT2D eigenvalue weighted by Gasteiger charge is -1.96. The summed E-state index contributed by atoms with van der Waals surface area (Å²) in [5.41, 5.74) is 1.99. The molecule has 0 radical (unpaired) electrons. The van der Waals surface area contributed by atoms with Crippen LogP contribution < -0.4 is 0 Å². The first kappa shape index (κ1) is 12.5. The van der Waals surface area contributed by atoms with Crippen molar-refractivity contribution in [3.8, 4) is 0 Å². The molecule has 2 aromatic rings. The van der Waals surface area contributed by atoms with Crippen molar-refractivity contribution < 1.29 is 9.90 Å². The van der Waals surface area contributed by atoms with Crippen LogP contribution >= 0.6 is 15.9 Å². The van der Waals surface area contributed by atoms with Crippen molar-refractivity contribution in [3.63, 3.8) is 0 Å². The standard InChI is InChI=1S/C14H10BrNO2/c15-12-5-7-13(8-6-12)16-9-10-1-3-11(4-2-10)14(17)18/h1-9H,(H,17,18)/b16-9+. The topological polar surface area (TPSA) is 49.7 Å². The number of aliphatic imine (C=N–C) groups is 1. The van der Waals surface area contributed by atoms with E-state index in [9.17, 15) is 4.79 Å². The highest BCUT2D eigenvalue weighted by Gasteiger charge is 2.00. The molecule has 0 aliphatic heterocycles. The minimum absolute atomic E-state index is 0.274. The van der Waals surface area contributed by atoms with E-state index in [1.54, 1.807) is 30.5 Å². The summed E-state index contributed by atoms with van der Waals surface area (Å²) in [6, 6.07) is 14.2. The molecule has 0 saturated carbocycles. The average Bonchev–Trinajstić information content (AvgIpc) is 2.38. The Hall–Kier alpha value is -1.94. The van der Waals surface area contributed by atoms with E-state index in [2.05, 4.69) is 20.9 Å². The Bertz CT molecular complexity index is 574. The van der Waals surface area contributed by atoms with Gasteiger partial charge in [0.1, 0.15) is 0 Å². The third-order valence-electron chi connectivity index (χ3n) is 2.35. The molecule has 2 rings (SSSR count). The van der Waals surface area contributed by atoms with Crippen LogP contribution in [0.1, 0.15) is 15.9 Å². The monoisotopic (exact) mass is 303 g/mol. The molecule has 0 saturated heterocycles. The molecule has 0 atom stereocenters. The van der Waals surface area contributed by atoms with Crippen molar-refractivity contribution in [2.24, 2.45) is 4.99 Å². The average molecular weight is 304 g/mol. The van der Waals surface area contributed by atoms with E-state index in [0.29, 0.717) is 0 Å². The Labute approximate surface area is 113 Å². The number of hydrogen-bond donors (Lipinski definition) is 1. The largest absolute Gasteiger partial charge is 0.478 e. The summed E-state index contributed by atoms with van der Waals surface area (Å²) >= 11 is 3.36. The SMILES string of the molecule is O=C(O)c1ccc(/C=N/c2ccc(Br)cc2)cc1. The van der Waals surface area contributed by atoms with Crippen LogP contribution in [0.2, 0.25) is 0 Å². The van der Waals surface area contributed by atoms with E-state index >= 15 is 0 Å². The maximum absolute atomic E-state index is 10.7. The van der Waals surface area contributed by atoms with E-state index < -0.39 is 5.97 Å². The number of rotatable bonds is 3. The van der Waals surface area contributed by atoms with Crippen molar-refractivity contribution in [2.45, 2.75) is 0 Å². The number of carboxylic acid groups (broad SMARTS) is 1. The molecule has 18 heavy (non-hydrogen) atoms. The van der Waals surface area contributed by atoms with Gasteiger partial charge in [-0.2, -0.15) is 0 Å². The van der Waals surface area contributed by atoms with Crippen molar-refractivity contribution in [1.82, 2.24) is 0 Å². The molecule has 90 valence electrons. The number of carboxylic acids is 1. The quantitative estimate of drug-likeness (QED) is 0.874. The minimum Gasteiger partial charge on any atom is -0.478 e. The van der Waals surface area contributed by atoms with Gasteiger partial charge in [-0.3, -0.25) is 4.99 Å². The molecule has 2 aromatic carbocycles. The summed E-state index contributed by atoms with van der Waals surface area (Å²) in [6.07, 6.45) is 1.70. The smallest absolute Gasteiger partial charge is 0.335 e. The van der Waals surface area contributed by atoms with Gasteiger partial charge in [-0.25, -0.2) is 4.79 Å². The van der Waals surface area contributed by atoms with Crippen LogP contribution in [0.25, 0.3) is 0 Å². The van der Waals surface area contributed by atoms with Gasteiger partial charge in [-0.1, -0.05) is 28.1 Å². The van der Waals surface area contributed by atoms with Crippen LogP contribution in [0.3, 0.4) is 0 Å². The Kier molecular flexibility index (Phi) is 3.89. The molecular formula is C14H10BrNO2. The van der Waals surface area contributed by atoms with Crippen LogP contribution in [0, 0.1) is 0 Å². The summed E-state index contributed by atoms with van der Waals surface area (Å²) in [7, 11) is 0. The van der Waals surface area contributed by atoms with Crippen LogP contribution in [0.15, 0.2) is 58.0 Å². The summed E-state index contributed by atoms with van der Waals surface area (Å²) in [5.74, 6) is -0.925. The molecule has 0 amide bonds. The van der Waals surface area contributed by atoms with E-state index in [1.807, 2.05) is 24.3 Å². The van der Waals surface area contributed by atoms with E-state index in [4.69, 9.17) is 5.11 Å². The number of hydrogen-bond acceptors (Lipinski definition) is 2. The van der Waals surface area contributed by atoms with Crippen molar-refractivity contribution in [2.75, 3.05) is 0 Å². The minimum atomic E-state index is -0.925. The van der Waals surface area contributed by atoms with Gasteiger partial charge in [0.2, 0.25) is 0 Å². The van der Waals surface area contributed by atoms with Gasteiger partial charge in [0, 0.05) is 10.7 Å². The predicted molar refractivity (Wildman–Crippen MR) is 74.8 cm³/mol. The lowest BCUT2D eigenvalue weighted by atomic mass is 10.1. The second-order valence-electron chi connectivity index (χ2n) is 3.66. The fraction of sp³-hybridized carbons (Fsp3) is 0. The number of carbonyl (C=O) groups is 1. The highest BCUT2D eigenvalue weighted by Crippen LogP contribution is 2.16. The Balaban J connectivity index is 2.13. The molecule has 0 aliphatic rings. The van der Waals surface area contributed by atoms with E-state index in [0.717, 1.165) is 15.7 Å². The molecule has 3 nitrogen and oxygen atoms in total. The normalized spacial score (nSPS) is 10.7. The van der Waals surface area contributed by atoms with Crippen molar-refractivity contribution >= 4 is 33.8 Å². The van der Waals surface area contributed by atoms with Crippen LogP contribution in [-0.4, -0.2) is 17.3 Å². The zero-order chi connectivity index (χ0) is 13.0. The van der Waals surface area contributed by atoms with Crippen LogP contribution in [-0.2, 0) is 0 Å². The van der Waals surface area contributed by atoms with Crippen LogP contribution in [0.5, 0.6) is 0 Å². The van der Waals surface area contributed by atoms with Gasteiger partial charge >= 0.3 is 5.97 Å². The first-order valence-electron chi connectivity index (χ1n) is 5.28. The zero-order valence-electron chi connectivity index (χ0n) is 9.38. The maximum Gasteiger partial charge on any atom is 0.335 e. The van der Waals surface area contributed by atoms with Crippen LogP contribution in [0.4, 0.5) is 5.69 Å². The highest BCUT2D eigenvalue weighted by atomic mass is 79.9. The first-order chi connectivity index (χ1) is 8.65. The third-order valence-corrected chi connectivity index (χ3v) is 2.88. The molecule has 0 bridgehead atoms. The number of aromatic carboxylic acids is 1. The van der Waals surface area contributed by atoms with Crippen molar-refractivity contribution in [1.29, 1.82) is 0 Å². The molecule has 0 aliphatic carbocycles. The molecule has 0 aromatic heterocycles. The summed E-state index contributed by atoms with van der Waals surface area (Å²) in [6.45, 7) is 0. The second-order valence-corrected chi connectivity index (χ2v) is 4.58. The number of nitrogens with zero attached hydrogens (tertiary/aromatic N) is 1. The molecule has 0 spiro atoms.